The number of nitrogens with zero attached hydrogens (tertiary/aromatic N) is 6. The molecule has 1 saturated carbocycles. The van der Waals surface area contributed by atoms with E-state index < -0.39 is 17.7 Å². The average molecular weight is 609 g/mol. The fraction of sp³-hybridized carbons (Fsp3) is 0.515. The van der Waals surface area contributed by atoms with E-state index in [0.29, 0.717) is 36.8 Å². The summed E-state index contributed by atoms with van der Waals surface area (Å²) in [5.74, 6) is -0.187. The van der Waals surface area contributed by atoms with Gasteiger partial charge in [0.05, 0.1) is 12.5 Å². The number of carbonyl (C=O) groups is 1. The molecule has 3 aromatic rings. The highest BCUT2D eigenvalue weighted by molar-refractivity contribution is 5.70. The third kappa shape index (κ3) is 7.34. The fourth-order valence-electron chi connectivity index (χ4n) is 6.64. The molecule has 2 aromatic carbocycles. The predicted molar refractivity (Wildman–Crippen MR) is 163 cm³/mol. The first-order valence-corrected chi connectivity index (χ1v) is 15.4. The maximum atomic E-state index is 13.7. The van der Waals surface area contributed by atoms with Gasteiger partial charge < -0.3 is 14.9 Å². The second kappa shape index (κ2) is 13.3. The molecular weight excluding hydrogens is 569 g/mol. The molecule has 0 unspecified atom stereocenters. The zero-order valence-corrected chi connectivity index (χ0v) is 25.3. The second-order valence-electron chi connectivity index (χ2n) is 12.1. The molecule has 1 aromatic heterocycles. The number of anilines is 2. The molecule has 1 fully saturated rings. The molecule has 0 bridgehead atoms. The van der Waals surface area contributed by atoms with Gasteiger partial charge in [-0.1, -0.05) is 12.1 Å². The highest BCUT2D eigenvalue weighted by atomic mass is 19.4. The lowest BCUT2D eigenvalue weighted by atomic mass is 9.81. The Morgan fingerprint density at radius 1 is 1.05 bits per heavy atom. The molecular formula is C33H39F3N6O2. The number of carboxylic acids is 1. The van der Waals surface area contributed by atoms with Crippen molar-refractivity contribution in [2.75, 3.05) is 22.9 Å². The van der Waals surface area contributed by atoms with E-state index in [2.05, 4.69) is 38.9 Å². The van der Waals surface area contributed by atoms with Crippen LogP contribution in [-0.2, 0) is 43.9 Å². The van der Waals surface area contributed by atoms with Crippen molar-refractivity contribution in [3.05, 3.63) is 75.9 Å². The van der Waals surface area contributed by atoms with E-state index in [1.165, 1.54) is 17.2 Å². The molecule has 11 heteroatoms. The van der Waals surface area contributed by atoms with Crippen LogP contribution in [0.4, 0.5) is 30.5 Å². The van der Waals surface area contributed by atoms with Gasteiger partial charge in [0.15, 0.2) is 5.69 Å². The number of alkyl halides is 3. The standard InChI is InChI=1S/C33H39F3N6O2/c1-4-41(18-22-9-11-24(12-10-22)31(43)44)30-16-26-8-6-5-7-25(26)15-27(30)20-42(32-38-21-40(3)39-32)19-23-13-28(33(34,35)36)17-29(14-23)37-2/h13-17,21-22,24H,4-12,18-20H2,1,3H3,(H,43,44). The van der Waals surface area contributed by atoms with Crippen LogP contribution >= 0.6 is 0 Å². The summed E-state index contributed by atoms with van der Waals surface area (Å²) in [4.78, 5) is 23.5. The number of halogens is 3. The first kappa shape index (κ1) is 31.4. The summed E-state index contributed by atoms with van der Waals surface area (Å²) in [5.41, 5.74) is 4.24. The summed E-state index contributed by atoms with van der Waals surface area (Å²) in [6, 6.07) is 8.02. The molecule has 44 heavy (non-hydrogen) atoms. The number of rotatable bonds is 10. The number of aromatic nitrogens is 3. The Labute approximate surface area is 256 Å². The zero-order valence-electron chi connectivity index (χ0n) is 25.3. The molecule has 2 aliphatic rings. The van der Waals surface area contributed by atoms with Gasteiger partial charge in [-0.3, -0.25) is 9.48 Å². The van der Waals surface area contributed by atoms with Crippen LogP contribution in [0.1, 0.15) is 73.3 Å². The van der Waals surface area contributed by atoms with Crippen molar-refractivity contribution < 1.29 is 23.1 Å². The van der Waals surface area contributed by atoms with Gasteiger partial charge in [-0.25, -0.2) is 9.83 Å². The van der Waals surface area contributed by atoms with Crippen LogP contribution in [0.5, 0.6) is 0 Å². The Morgan fingerprint density at radius 3 is 2.34 bits per heavy atom. The summed E-state index contributed by atoms with van der Waals surface area (Å²) < 4.78 is 42.7. The van der Waals surface area contributed by atoms with Gasteiger partial charge in [0.25, 0.3) is 0 Å². The quantitative estimate of drug-likeness (QED) is 0.246. The number of benzene rings is 2. The van der Waals surface area contributed by atoms with Gasteiger partial charge in [-0.15, -0.1) is 5.10 Å². The van der Waals surface area contributed by atoms with Crippen LogP contribution in [-0.4, -0.2) is 38.9 Å². The SMILES string of the molecule is [C-]#[N+]c1cc(CN(Cc2cc3c(cc2N(CC)CC2CCC(C(=O)O)CC2)CCCC3)c2ncn(C)n2)cc(C(F)(F)F)c1. The highest BCUT2D eigenvalue weighted by Gasteiger charge is 2.32. The molecule has 234 valence electrons. The van der Waals surface area contributed by atoms with E-state index in [1.54, 1.807) is 18.1 Å². The molecule has 0 spiro atoms. The largest absolute Gasteiger partial charge is 0.481 e. The van der Waals surface area contributed by atoms with Gasteiger partial charge >= 0.3 is 12.1 Å². The van der Waals surface area contributed by atoms with Crippen molar-refractivity contribution in [1.82, 2.24) is 14.8 Å². The fourth-order valence-corrected chi connectivity index (χ4v) is 6.64. The van der Waals surface area contributed by atoms with Crippen LogP contribution in [0.3, 0.4) is 0 Å². The van der Waals surface area contributed by atoms with Gasteiger partial charge in [0, 0.05) is 44.5 Å². The summed E-state index contributed by atoms with van der Waals surface area (Å²) >= 11 is 0. The molecule has 0 saturated heterocycles. The number of fused-ring (bicyclic) bond motifs is 1. The molecule has 5 rings (SSSR count). The van der Waals surface area contributed by atoms with E-state index in [1.807, 2.05) is 4.90 Å². The molecule has 0 atom stereocenters. The van der Waals surface area contributed by atoms with Crippen molar-refractivity contribution in [3.63, 3.8) is 0 Å². The number of hydrogen-bond donors (Lipinski definition) is 1. The minimum absolute atomic E-state index is 0.0620. The molecule has 1 heterocycles. The van der Waals surface area contributed by atoms with Crippen molar-refractivity contribution in [2.24, 2.45) is 18.9 Å². The summed E-state index contributed by atoms with van der Waals surface area (Å²) in [6.07, 6.45) is 4.38. The average Bonchev–Trinajstić information content (AvgIpc) is 3.45. The van der Waals surface area contributed by atoms with Crippen LogP contribution in [0.15, 0.2) is 36.7 Å². The third-order valence-electron chi connectivity index (χ3n) is 8.98. The van der Waals surface area contributed by atoms with Crippen LogP contribution in [0, 0.1) is 18.4 Å². The van der Waals surface area contributed by atoms with Crippen molar-refractivity contribution in [2.45, 2.75) is 77.6 Å². The Morgan fingerprint density at radius 2 is 1.75 bits per heavy atom. The molecule has 2 aliphatic carbocycles. The topological polar surface area (TPSA) is 78.9 Å². The first-order chi connectivity index (χ1) is 21.0. The number of hydrogen-bond acceptors (Lipinski definition) is 5. The van der Waals surface area contributed by atoms with Crippen LogP contribution < -0.4 is 9.80 Å². The second-order valence-corrected chi connectivity index (χ2v) is 12.1. The third-order valence-corrected chi connectivity index (χ3v) is 8.98. The molecule has 0 radical (unpaired) electrons. The predicted octanol–water partition coefficient (Wildman–Crippen LogP) is 7.19. The van der Waals surface area contributed by atoms with Crippen molar-refractivity contribution >= 4 is 23.3 Å². The lowest BCUT2D eigenvalue weighted by Crippen LogP contribution is -2.34. The van der Waals surface area contributed by atoms with Gasteiger partial charge in [0.2, 0.25) is 5.95 Å². The number of aryl methyl sites for hydroxylation is 3. The Balaban J connectivity index is 1.49. The highest BCUT2D eigenvalue weighted by Crippen LogP contribution is 2.36. The number of carboxylic acid groups (broad SMARTS) is 1. The monoisotopic (exact) mass is 608 g/mol. The first-order valence-electron chi connectivity index (χ1n) is 15.4. The molecule has 8 nitrogen and oxygen atoms in total. The lowest BCUT2D eigenvalue weighted by molar-refractivity contribution is -0.143. The zero-order chi connectivity index (χ0) is 31.4. The normalized spacial score (nSPS) is 18.4. The minimum Gasteiger partial charge on any atom is -0.481 e. The van der Waals surface area contributed by atoms with Crippen molar-refractivity contribution in [1.29, 1.82) is 0 Å². The summed E-state index contributed by atoms with van der Waals surface area (Å²) in [7, 11) is 1.75. The maximum Gasteiger partial charge on any atom is 0.415 e. The van der Waals surface area contributed by atoms with E-state index >= 15 is 0 Å². The summed E-state index contributed by atoms with van der Waals surface area (Å²) in [5, 5.41) is 14.0. The Kier molecular flexibility index (Phi) is 9.47. The molecule has 1 N–H and O–H groups in total. The Hall–Kier alpha value is -4.07. The van der Waals surface area contributed by atoms with Crippen LogP contribution in [0.2, 0.25) is 0 Å². The van der Waals surface area contributed by atoms with E-state index in [-0.39, 0.29) is 18.2 Å². The minimum atomic E-state index is -4.57. The molecule has 0 amide bonds. The van der Waals surface area contributed by atoms with E-state index in [9.17, 15) is 23.1 Å². The smallest absolute Gasteiger partial charge is 0.415 e. The lowest BCUT2D eigenvalue weighted by Gasteiger charge is -2.35. The van der Waals surface area contributed by atoms with E-state index in [0.717, 1.165) is 75.0 Å². The summed E-state index contributed by atoms with van der Waals surface area (Å²) in [6.45, 7) is 11.6. The van der Waals surface area contributed by atoms with Gasteiger partial charge in [-0.2, -0.15) is 13.2 Å². The van der Waals surface area contributed by atoms with Crippen molar-refractivity contribution in [3.8, 4) is 0 Å². The molecule has 0 aliphatic heterocycles. The van der Waals surface area contributed by atoms with Crippen LogP contribution in [0.25, 0.3) is 4.85 Å². The van der Waals surface area contributed by atoms with Gasteiger partial charge in [0.1, 0.15) is 6.33 Å². The number of aliphatic carboxylic acids is 1. The Bertz CT molecular complexity index is 1520. The maximum absolute atomic E-state index is 13.7. The van der Waals surface area contributed by atoms with Gasteiger partial charge in [-0.05, 0) is 105 Å². The van der Waals surface area contributed by atoms with E-state index in [4.69, 9.17) is 6.57 Å².